The number of nitrogens with zero attached hydrogens (tertiary/aromatic N) is 2. The van der Waals surface area contributed by atoms with Crippen LogP contribution in [0.3, 0.4) is 0 Å². The van der Waals surface area contributed by atoms with Gasteiger partial charge < -0.3 is 0 Å². The lowest BCUT2D eigenvalue weighted by molar-refractivity contribution is 0.177. The Morgan fingerprint density at radius 3 is 2.62 bits per heavy atom. The lowest BCUT2D eigenvalue weighted by Crippen LogP contribution is -2.34. The number of rotatable bonds is 6. The Kier molecular flexibility index (Phi) is 5.76. The highest BCUT2D eigenvalue weighted by Gasteiger charge is 2.23. The van der Waals surface area contributed by atoms with Crippen LogP contribution < -0.4 is 0 Å². The fourth-order valence-corrected chi connectivity index (χ4v) is 3.05. The first-order valence-corrected chi connectivity index (χ1v) is 8.02. The summed E-state index contributed by atoms with van der Waals surface area (Å²) in [7, 11) is 0. The molecule has 1 aromatic carbocycles. The van der Waals surface area contributed by atoms with Gasteiger partial charge in [0.1, 0.15) is 5.82 Å². The molecule has 0 heterocycles. The molecule has 0 bridgehead atoms. The van der Waals surface area contributed by atoms with E-state index in [1.54, 1.807) is 12.1 Å². The van der Waals surface area contributed by atoms with Gasteiger partial charge in [0.25, 0.3) is 0 Å². The minimum atomic E-state index is -0.249. The maximum Gasteiger partial charge on any atom is 0.129 e. The number of halogens is 1. The van der Waals surface area contributed by atoms with Crippen LogP contribution in [-0.2, 0) is 6.54 Å². The van der Waals surface area contributed by atoms with Crippen LogP contribution in [-0.4, -0.2) is 17.5 Å². The quantitative estimate of drug-likeness (QED) is 0.771. The standard InChI is InChI=1S/C18H25FN2/c1-14(2)9-10-21(17-5-3-4-6-17)13-16-8-7-15(12-20)11-18(16)19/h7-8,11,14,17H,3-6,9-10,13H2,1-2H3. The fraction of sp³-hybridized carbons (Fsp3) is 0.611. The van der Waals surface area contributed by atoms with Crippen LogP contribution in [0.15, 0.2) is 18.2 Å². The van der Waals surface area contributed by atoms with Crippen LogP contribution in [0.5, 0.6) is 0 Å². The minimum absolute atomic E-state index is 0.249. The zero-order valence-electron chi connectivity index (χ0n) is 13.1. The van der Waals surface area contributed by atoms with E-state index in [0.29, 0.717) is 29.6 Å². The molecule has 2 rings (SSSR count). The molecule has 1 aliphatic carbocycles. The molecule has 0 aliphatic heterocycles. The van der Waals surface area contributed by atoms with Gasteiger partial charge in [0.2, 0.25) is 0 Å². The fourth-order valence-electron chi connectivity index (χ4n) is 3.05. The van der Waals surface area contributed by atoms with E-state index in [-0.39, 0.29) is 5.82 Å². The van der Waals surface area contributed by atoms with E-state index in [4.69, 9.17) is 5.26 Å². The third-order valence-corrected chi connectivity index (χ3v) is 4.39. The van der Waals surface area contributed by atoms with Crippen LogP contribution >= 0.6 is 0 Å². The van der Waals surface area contributed by atoms with Crippen LogP contribution in [0.2, 0.25) is 0 Å². The van der Waals surface area contributed by atoms with Gasteiger partial charge >= 0.3 is 0 Å². The molecule has 0 spiro atoms. The summed E-state index contributed by atoms with van der Waals surface area (Å²) in [4.78, 5) is 2.44. The highest BCUT2D eigenvalue weighted by atomic mass is 19.1. The zero-order valence-corrected chi connectivity index (χ0v) is 13.1. The van der Waals surface area contributed by atoms with Crippen LogP contribution in [0.1, 0.15) is 57.1 Å². The summed E-state index contributed by atoms with van der Waals surface area (Å²) in [5.41, 5.74) is 1.11. The number of benzene rings is 1. The van der Waals surface area contributed by atoms with Crippen molar-refractivity contribution in [1.82, 2.24) is 4.90 Å². The van der Waals surface area contributed by atoms with Gasteiger partial charge in [0.15, 0.2) is 0 Å². The third-order valence-electron chi connectivity index (χ3n) is 4.39. The molecule has 0 saturated heterocycles. The monoisotopic (exact) mass is 288 g/mol. The van der Waals surface area contributed by atoms with Crippen molar-refractivity contribution in [1.29, 1.82) is 5.26 Å². The van der Waals surface area contributed by atoms with Crippen molar-refractivity contribution >= 4 is 0 Å². The Bertz CT molecular complexity index is 498. The van der Waals surface area contributed by atoms with Crippen molar-refractivity contribution in [2.24, 2.45) is 5.92 Å². The lowest BCUT2D eigenvalue weighted by Gasteiger charge is -2.29. The molecule has 0 aromatic heterocycles. The molecule has 2 nitrogen and oxygen atoms in total. The summed E-state index contributed by atoms with van der Waals surface area (Å²) in [6, 6.07) is 7.42. The second kappa shape index (κ2) is 7.56. The van der Waals surface area contributed by atoms with Crippen molar-refractivity contribution in [3.8, 4) is 6.07 Å². The Balaban J connectivity index is 2.08. The minimum Gasteiger partial charge on any atom is -0.296 e. The molecule has 1 fully saturated rings. The van der Waals surface area contributed by atoms with Crippen molar-refractivity contribution < 1.29 is 4.39 Å². The van der Waals surface area contributed by atoms with Gasteiger partial charge in [0.05, 0.1) is 11.6 Å². The summed E-state index contributed by atoms with van der Waals surface area (Å²) in [5, 5.41) is 8.83. The van der Waals surface area contributed by atoms with Crippen molar-refractivity contribution in [3.05, 3.63) is 35.1 Å². The van der Waals surface area contributed by atoms with Gasteiger partial charge in [-0.05, 0) is 43.9 Å². The first kappa shape index (κ1) is 16.0. The third kappa shape index (κ3) is 4.54. The summed E-state index contributed by atoms with van der Waals surface area (Å²) in [6.07, 6.45) is 6.19. The predicted molar refractivity (Wildman–Crippen MR) is 83.2 cm³/mol. The van der Waals surface area contributed by atoms with Gasteiger partial charge in [-0.2, -0.15) is 5.26 Å². The largest absolute Gasteiger partial charge is 0.296 e. The summed E-state index contributed by atoms with van der Waals surface area (Å²) in [6.45, 7) is 6.15. The maximum absolute atomic E-state index is 14.1. The van der Waals surface area contributed by atoms with E-state index in [2.05, 4.69) is 18.7 Å². The van der Waals surface area contributed by atoms with Crippen molar-refractivity contribution in [2.75, 3.05) is 6.54 Å². The molecule has 1 aliphatic rings. The van der Waals surface area contributed by atoms with Crippen LogP contribution in [0, 0.1) is 23.1 Å². The molecule has 0 N–H and O–H groups in total. The van der Waals surface area contributed by atoms with Crippen molar-refractivity contribution in [2.45, 2.75) is 58.5 Å². The Morgan fingerprint density at radius 2 is 2.05 bits per heavy atom. The van der Waals surface area contributed by atoms with Gasteiger partial charge in [-0.25, -0.2) is 4.39 Å². The molecule has 1 saturated carbocycles. The highest BCUT2D eigenvalue weighted by molar-refractivity contribution is 5.32. The van der Waals surface area contributed by atoms with E-state index in [0.717, 1.165) is 13.0 Å². The lowest BCUT2D eigenvalue weighted by atomic mass is 10.1. The second-order valence-corrected chi connectivity index (χ2v) is 6.51. The molecule has 1 aromatic rings. The molecule has 0 atom stereocenters. The summed E-state index contributed by atoms with van der Waals surface area (Å²) < 4.78 is 14.1. The molecular formula is C18H25FN2. The molecular weight excluding hydrogens is 263 g/mol. The maximum atomic E-state index is 14.1. The van der Waals surface area contributed by atoms with Crippen molar-refractivity contribution in [3.63, 3.8) is 0 Å². The molecule has 3 heteroatoms. The highest BCUT2D eigenvalue weighted by Crippen LogP contribution is 2.26. The second-order valence-electron chi connectivity index (χ2n) is 6.51. The average Bonchev–Trinajstić information content (AvgIpc) is 2.98. The molecule has 21 heavy (non-hydrogen) atoms. The van der Waals surface area contributed by atoms with Gasteiger partial charge in [0, 0.05) is 18.2 Å². The topological polar surface area (TPSA) is 27.0 Å². The zero-order chi connectivity index (χ0) is 15.2. The molecule has 0 amide bonds. The smallest absolute Gasteiger partial charge is 0.129 e. The van der Waals surface area contributed by atoms with Crippen LogP contribution in [0.25, 0.3) is 0 Å². The number of hydrogen-bond donors (Lipinski definition) is 0. The summed E-state index contributed by atoms with van der Waals surface area (Å²) in [5.74, 6) is 0.418. The first-order chi connectivity index (χ1) is 10.1. The number of hydrogen-bond acceptors (Lipinski definition) is 2. The van der Waals surface area contributed by atoms with Gasteiger partial charge in [-0.3, -0.25) is 4.90 Å². The Morgan fingerprint density at radius 1 is 1.33 bits per heavy atom. The SMILES string of the molecule is CC(C)CCN(Cc1ccc(C#N)cc1F)C1CCCC1. The Hall–Kier alpha value is -1.40. The van der Waals surface area contributed by atoms with Gasteiger partial charge in [-0.15, -0.1) is 0 Å². The average molecular weight is 288 g/mol. The van der Waals surface area contributed by atoms with E-state index < -0.39 is 0 Å². The van der Waals surface area contributed by atoms with Gasteiger partial charge in [-0.1, -0.05) is 32.8 Å². The summed E-state index contributed by atoms with van der Waals surface area (Å²) >= 11 is 0. The van der Waals surface area contributed by atoms with E-state index >= 15 is 0 Å². The predicted octanol–water partition coefficient (Wildman–Crippen LogP) is 4.49. The molecule has 114 valence electrons. The van der Waals surface area contributed by atoms with Crippen LogP contribution in [0.4, 0.5) is 4.39 Å². The van der Waals surface area contributed by atoms with E-state index in [9.17, 15) is 4.39 Å². The molecule has 0 radical (unpaired) electrons. The first-order valence-electron chi connectivity index (χ1n) is 8.02. The van der Waals surface area contributed by atoms with E-state index in [1.807, 2.05) is 6.07 Å². The molecule has 0 unspecified atom stereocenters. The van der Waals surface area contributed by atoms with E-state index in [1.165, 1.54) is 31.7 Å². The number of nitriles is 1. The normalized spacial score (nSPS) is 15.8. The Labute approximate surface area is 127 Å².